The monoisotopic (exact) mass is 369 g/mol. The first-order chi connectivity index (χ1) is 12.9. The van der Waals surface area contributed by atoms with Crippen molar-refractivity contribution >= 4 is 17.5 Å². The summed E-state index contributed by atoms with van der Waals surface area (Å²) in [5.41, 5.74) is 3.91. The van der Waals surface area contributed by atoms with Gasteiger partial charge < -0.3 is 14.6 Å². The number of carboxylic acid groups (broad SMARTS) is 1. The highest BCUT2D eigenvalue weighted by Gasteiger charge is 2.32. The van der Waals surface area contributed by atoms with Crippen LogP contribution in [0.1, 0.15) is 19.4 Å². The molecule has 0 fully saturated rings. The van der Waals surface area contributed by atoms with Crippen LogP contribution in [-0.4, -0.2) is 41.4 Å². The Morgan fingerprint density at radius 2 is 2.11 bits per heavy atom. The lowest BCUT2D eigenvalue weighted by atomic mass is 10.1. The number of pyridine rings is 1. The largest absolute Gasteiger partial charge is 0.497 e. The zero-order valence-electron chi connectivity index (χ0n) is 15.5. The van der Waals surface area contributed by atoms with E-state index in [1.165, 1.54) is 13.8 Å². The Hall–Kier alpha value is -2.90. The molecule has 1 aliphatic rings. The maximum Gasteiger partial charge on any atom is 0.335 e. The van der Waals surface area contributed by atoms with Gasteiger partial charge in [-0.1, -0.05) is 18.2 Å². The standard InChI is InChI=1S/C20H23N3O4/c1-20(2,19(24)25)27-13-15-12-17(14-7-6-8-16(11-14)26-3)23(22-15)18-9-4-5-10-21-18/h4-12,15,22H,13H2,1-3H3,(H,24,25). The minimum atomic E-state index is -1.26. The zero-order valence-corrected chi connectivity index (χ0v) is 15.5. The number of nitrogens with one attached hydrogen (secondary N) is 1. The van der Waals surface area contributed by atoms with Gasteiger partial charge in [-0.05, 0) is 44.2 Å². The van der Waals surface area contributed by atoms with Crippen LogP contribution < -0.4 is 15.2 Å². The fourth-order valence-corrected chi connectivity index (χ4v) is 2.67. The predicted octanol–water partition coefficient (Wildman–Crippen LogP) is 2.70. The molecule has 0 spiro atoms. The molecule has 142 valence electrons. The van der Waals surface area contributed by atoms with Crippen molar-refractivity contribution in [2.45, 2.75) is 25.5 Å². The van der Waals surface area contributed by atoms with Gasteiger partial charge >= 0.3 is 5.97 Å². The summed E-state index contributed by atoms with van der Waals surface area (Å²) in [6.07, 6.45) is 3.72. The van der Waals surface area contributed by atoms with Gasteiger partial charge in [0.2, 0.25) is 0 Å². The predicted molar refractivity (Wildman–Crippen MR) is 102 cm³/mol. The van der Waals surface area contributed by atoms with Crippen LogP contribution in [0.3, 0.4) is 0 Å². The summed E-state index contributed by atoms with van der Waals surface area (Å²) >= 11 is 0. The highest BCUT2D eigenvalue weighted by Crippen LogP contribution is 2.30. The second kappa shape index (κ2) is 7.77. The topological polar surface area (TPSA) is 83.9 Å². The number of anilines is 1. The van der Waals surface area contributed by atoms with Crippen molar-refractivity contribution in [3.63, 3.8) is 0 Å². The maximum atomic E-state index is 11.3. The van der Waals surface area contributed by atoms with E-state index >= 15 is 0 Å². The Labute approximate surface area is 158 Å². The van der Waals surface area contributed by atoms with Crippen molar-refractivity contribution in [2.24, 2.45) is 0 Å². The number of aliphatic carboxylic acids is 1. The highest BCUT2D eigenvalue weighted by molar-refractivity contribution is 5.80. The van der Waals surface area contributed by atoms with Crippen LogP contribution in [0.5, 0.6) is 5.75 Å². The van der Waals surface area contributed by atoms with Crippen LogP contribution in [0.15, 0.2) is 54.7 Å². The third-order valence-electron chi connectivity index (χ3n) is 4.28. The lowest BCUT2D eigenvalue weighted by molar-refractivity contribution is -0.161. The molecule has 1 atom stereocenters. The third kappa shape index (κ3) is 4.27. The molecule has 1 aromatic carbocycles. The molecule has 0 radical (unpaired) electrons. The number of carboxylic acids is 1. The molecule has 0 saturated carbocycles. The number of benzene rings is 1. The number of hydrogen-bond acceptors (Lipinski definition) is 6. The molecule has 7 nitrogen and oxygen atoms in total. The Balaban J connectivity index is 1.88. The quantitative estimate of drug-likeness (QED) is 0.776. The number of aromatic nitrogens is 1. The highest BCUT2D eigenvalue weighted by atomic mass is 16.5. The van der Waals surface area contributed by atoms with Gasteiger partial charge in [-0.15, -0.1) is 0 Å². The summed E-state index contributed by atoms with van der Waals surface area (Å²) in [5, 5.41) is 11.1. The van der Waals surface area contributed by atoms with Gasteiger partial charge in [-0.2, -0.15) is 0 Å². The summed E-state index contributed by atoms with van der Waals surface area (Å²) in [5.74, 6) is 0.478. The zero-order chi connectivity index (χ0) is 19.4. The fraction of sp³-hybridized carbons (Fsp3) is 0.300. The van der Waals surface area contributed by atoms with E-state index in [0.29, 0.717) is 0 Å². The summed E-state index contributed by atoms with van der Waals surface area (Å²) in [6.45, 7) is 3.27. The smallest absolute Gasteiger partial charge is 0.335 e. The second-order valence-corrected chi connectivity index (χ2v) is 6.67. The van der Waals surface area contributed by atoms with Gasteiger partial charge in [0.05, 0.1) is 25.5 Å². The fourth-order valence-electron chi connectivity index (χ4n) is 2.67. The average molecular weight is 369 g/mol. The molecule has 3 rings (SSSR count). The Bertz CT molecular complexity index is 836. The van der Waals surface area contributed by atoms with Gasteiger partial charge in [0.1, 0.15) is 11.6 Å². The summed E-state index contributed by atoms with van der Waals surface area (Å²) in [4.78, 5) is 15.7. The third-order valence-corrected chi connectivity index (χ3v) is 4.28. The lowest BCUT2D eigenvalue weighted by Crippen LogP contribution is -2.43. The van der Waals surface area contributed by atoms with E-state index in [2.05, 4.69) is 10.4 Å². The molecule has 2 aromatic rings. The maximum absolute atomic E-state index is 11.3. The molecule has 0 bridgehead atoms. The van der Waals surface area contributed by atoms with Crippen LogP contribution in [0.25, 0.3) is 5.70 Å². The normalized spacial score (nSPS) is 16.9. The van der Waals surface area contributed by atoms with Crippen molar-refractivity contribution in [3.8, 4) is 5.75 Å². The molecule has 1 aromatic heterocycles. The van der Waals surface area contributed by atoms with Crippen molar-refractivity contribution in [1.29, 1.82) is 0 Å². The molecular weight excluding hydrogens is 346 g/mol. The number of rotatable bonds is 7. The Kier molecular flexibility index (Phi) is 5.43. The second-order valence-electron chi connectivity index (χ2n) is 6.67. The van der Waals surface area contributed by atoms with E-state index in [1.54, 1.807) is 13.3 Å². The van der Waals surface area contributed by atoms with Gasteiger partial charge in [0, 0.05) is 11.8 Å². The molecule has 0 aliphatic carbocycles. The first-order valence-electron chi connectivity index (χ1n) is 8.61. The molecule has 7 heteroatoms. The van der Waals surface area contributed by atoms with Crippen molar-refractivity contribution < 1.29 is 19.4 Å². The van der Waals surface area contributed by atoms with Gasteiger partial charge in [-0.3, -0.25) is 5.01 Å². The molecule has 1 aliphatic heterocycles. The molecule has 2 heterocycles. The first kappa shape index (κ1) is 18.9. The van der Waals surface area contributed by atoms with Crippen molar-refractivity contribution in [3.05, 3.63) is 60.3 Å². The molecule has 0 saturated heterocycles. The summed E-state index contributed by atoms with van der Waals surface area (Å²) < 4.78 is 10.9. The number of ether oxygens (including phenoxy) is 2. The lowest BCUT2D eigenvalue weighted by Gasteiger charge is -2.25. The van der Waals surface area contributed by atoms with Crippen LogP contribution in [-0.2, 0) is 9.53 Å². The molecule has 1 unspecified atom stereocenters. The molecular formula is C20H23N3O4. The van der Waals surface area contributed by atoms with Crippen LogP contribution >= 0.6 is 0 Å². The minimum Gasteiger partial charge on any atom is -0.497 e. The van der Waals surface area contributed by atoms with Crippen molar-refractivity contribution in [1.82, 2.24) is 10.4 Å². The molecule has 27 heavy (non-hydrogen) atoms. The van der Waals surface area contributed by atoms with E-state index in [4.69, 9.17) is 9.47 Å². The summed E-state index contributed by atoms with van der Waals surface area (Å²) in [6, 6.07) is 13.2. The molecule has 2 N–H and O–H groups in total. The van der Waals surface area contributed by atoms with E-state index in [1.807, 2.05) is 53.5 Å². The van der Waals surface area contributed by atoms with Crippen molar-refractivity contribution in [2.75, 3.05) is 18.7 Å². The van der Waals surface area contributed by atoms with Gasteiger partial charge in [-0.25, -0.2) is 15.2 Å². The SMILES string of the molecule is COc1cccc(C2=CC(COC(C)(C)C(=O)O)NN2c2ccccn2)c1. The van der Waals surface area contributed by atoms with E-state index in [-0.39, 0.29) is 12.6 Å². The number of hydrazine groups is 1. The van der Waals surface area contributed by atoms with E-state index in [9.17, 15) is 9.90 Å². The van der Waals surface area contributed by atoms with Crippen LogP contribution in [0, 0.1) is 0 Å². The van der Waals surface area contributed by atoms with E-state index < -0.39 is 11.6 Å². The molecule has 0 amide bonds. The first-order valence-corrected chi connectivity index (χ1v) is 8.61. The van der Waals surface area contributed by atoms with Gasteiger partial charge in [0.15, 0.2) is 5.60 Å². The summed E-state index contributed by atoms with van der Waals surface area (Å²) in [7, 11) is 1.63. The van der Waals surface area contributed by atoms with Crippen LogP contribution in [0.4, 0.5) is 5.82 Å². The Morgan fingerprint density at radius 3 is 2.78 bits per heavy atom. The number of carbonyl (C=O) groups is 1. The van der Waals surface area contributed by atoms with Gasteiger partial charge in [0.25, 0.3) is 0 Å². The number of methoxy groups -OCH3 is 1. The van der Waals surface area contributed by atoms with Crippen LogP contribution in [0.2, 0.25) is 0 Å². The number of hydrogen-bond donors (Lipinski definition) is 2. The Morgan fingerprint density at radius 1 is 1.30 bits per heavy atom. The van der Waals surface area contributed by atoms with E-state index in [0.717, 1.165) is 22.8 Å². The minimum absolute atomic E-state index is 0.202. The number of nitrogens with zero attached hydrogens (tertiary/aromatic N) is 2. The average Bonchev–Trinajstić information content (AvgIpc) is 3.11.